The van der Waals surface area contributed by atoms with E-state index in [1.807, 2.05) is 0 Å². The average molecular weight is 362 g/mol. The van der Waals surface area contributed by atoms with E-state index in [4.69, 9.17) is 0 Å². The maximum absolute atomic E-state index is 12.0. The maximum Gasteiger partial charge on any atom is 0.240 e. The van der Waals surface area contributed by atoms with Gasteiger partial charge in [0.25, 0.3) is 0 Å². The molecule has 1 aliphatic heterocycles. The standard InChI is InChI=1S/C15H23N3O3S.ClH/c1-11-5-6-13(10-14(11)22(20,21)16-2)18-15(19)8-7-12-4-3-9-17-12;/h5-6,10,12,16-17H,3-4,7-9H2,1-2H3,(H,18,19);1H. The second-order valence-corrected chi connectivity index (χ2v) is 7.42. The summed E-state index contributed by atoms with van der Waals surface area (Å²) in [5.74, 6) is -0.0923. The molecule has 1 atom stereocenters. The van der Waals surface area contributed by atoms with Crippen molar-refractivity contribution >= 4 is 34.0 Å². The van der Waals surface area contributed by atoms with Crippen LogP contribution < -0.4 is 15.4 Å². The summed E-state index contributed by atoms with van der Waals surface area (Å²) in [7, 11) is -2.15. The van der Waals surface area contributed by atoms with Crippen LogP contribution in [0.4, 0.5) is 5.69 Å². The van der Waals surface area contributed by atoms with E-state index in [0.29, 0.717) is 23.7 Å². The van der Waals surface area contributed by atoms with Gasteiger partial charge in [0.1, 0.15) is 0 Å². The highest BCUT2D eigenvalue weighted by Crippen LogP contribution is 2.20. The van der Waals surface area contributed by atoms with Crippen LogP contribution in [0.5, 0.6) is 0 Å². The summed E-state index contributed by atoms with van der Waals surface area (Å²) < 4.78 is 26.1. The van der Waals surface area contributed by atoms with E-state index in [0.717, 1.165) is 25.8 Å². The number of sulfonamides is 1. The zero-order chi connectivity index (χ0) is 16.2. The molecule has 3 N–H and O–H groups in total. The fraction of sp³-hybridized carbons (Fsp3) is 0.533. The van der Waals surface area contributed by atoms with Crippen molar-refractivity contribution in [3.8, 4) is 0 Å². The number of anilines is 1. The van der Waals surface area contributed by atoms with Crippen LogP contribution in [0.2, 0.25) is 0 Å². The van der Waals surface area contributed by atoms with Crippen LogP contribution in [-0.4, -0.2) is 34.0 Å². The molecule has 0 spiro atoms. The molecule has 23 heavy (non-hydrogen) atoms. The summed E-state index contributed by atoms with van der Waals surface area (Å²) >= 11 is 0. The van der Waals surface area contributed by atoms with Gasteiger partial charge in [-0.15, -0.1) is 12.4 Å². The third kappa shape index (κ3) is 5.46. The molecule has 1 unspecified atom stereocenters. The summed E-state index contributed by atoms with van der Waals surface area (Å²) in [6.07, 6.45) is 3.51. The topological polar surface area (TPSA) is 87.3 Å². The molecule has 0 aromatic heterocycles. The van der Waals surface area contributed by atoms with E-state index in [1.54, 1.807) is 19.1 Å². The van der Waals surface area contributed by atoms with Crippen molar-refractivity contribution < 1.29 is 13.2 Å². The fourth-order valence-electron chi connectivity index (χ4n) is 2.61. The van der Waals surface area contributed by atoms with Crippen molar-refractivity contribution in [1.82, 2.24) is 10.0 Å². The molecule has 0 bridgehead atoms. The first-order valence-corrected chi connectivity index (χ1v) is 8.98. The van der Waals surface area contributed by atoms with E-state index in [2.05, 4.69) is 15.4 Å². The van der Waals surface area contributed by atoms with Gasteiger partial charge < -0.3 is 10.6 Å². The predicted molar refractivity (Wildman–Crippen MR) is 93.6 cm³/mol. The van der Waals surface area contributed by atoms with Crippen LogP contribution in [0.25, 0.3) is 0 Å². The molecule has 1 heterocycles. The van der Waals surface area contributed by atoms with Crippen molar-refractivity contribution in [3.05, 3.63) is 23.8 Å². The number of halogens is 1. The van der Waals surface area contributed by atoms with Crippen molar-refractivity contribution in [2.24, 2.45) is 0 Å². The minimum absolute atomic E-state index is 0. The Morgan fingerprint density at radius 1 is 1.39 bits per heavy atom. The van der Waals surface area contributed by atoms with Crippen molar-refractivity contribution in [3.63, 3.8) is 0 Å². The van der Waals surface area contributed by atoms with Crippen LogP contribution in [0.1, 0.15) is 31.2 Å². The molecule has 0 aliphatic carbocycles. The zero-order valence-electron chi connectivity index (χ0n) is 13.4. The number of rotatable bonds is 6. The van der Waals surface area contributed by atoms with Crippen LogP contribution >= 0.6 is 12.4 Å². The monoisotopic (exact) mass is 361 g/mol. The number of amides is 1. The predicted octanol–water partition coefficient (Wildman–Crippen LogP) is 1.80. The Bertz CT molecular complexity index is 643. The van der Waals surface area contributed by atoms with Gasteiger partial charge in [-0.2, -0.15) is 0 Å². The molecular weight excluding hydrogens is 338 g/mol. The number of benzene rings is 1. The molecule has 1 amide bonds. The smallest absolute Gasteiger partial charge is 0.240 e. The lowest BCUT2D eigenvalue weighted by Gasteiger charge is -2.12. The summed E-state index contributed by atoms with van der Waals surface area (Å²) in [5, 5.41) is 6.12. The van der Waals surface area contributed by atoms with E-state index in [-0.39, 0.29) is 23.2 Å². The molecular formula is C15H24ClN3O3S. The molecule has 6 nitrogen and oxygen atoms in total. The number of nitrogens with one attached hydrogen (secondary N) is 3. The Labute approximate surface area is 143 Å². The normalized spacial score (nSPS) is 17.6. The Kier molecular flexibility index (Phi) is 7.47. The molecule has 0 radical (unpaired) electrons. The Morgan fingerprint density at radius 3 is 2.74 bits per heavy atom. The Morgan fingerprint density at radius 2 is 2.13 bits per heavy atom. The van der Waals surface area contributed by atoms with Gasteiger partial charge in [-0.3, -0.25) is 4.79 Å². The fourth-order valence-corrected chi connectivity index (χ4v) is 3.60. The second-order valence-electron chi connectivity index (χ2n) is 5.57. The summed E-state index contributed by atoms with van der Waals surface area (Å²) in [4.78, 5) is 12.2. The van der Waals surface area contributed by atoms with Crippen LogP contribution in [0.3, 0.4) is 0 Å². The lowest BCUT2D eigenvalue weighted by atomic mass is 10.1. The highest BCUT2D eigenvalue weighted by Gasteiger charge is 2.17. The lowest BCUT2D eigenvalue weighted by Crippen LogP contribution is -2.24. The van der Waals surface area contributed by atoms with Gasteiger partial charge in [0.15, 0.2) is 0 Å². The first-order chi connectivity index (χ1) is 10.4. The van der Waals surface area contributed by atoms with Crippen LogP contribution in [-0.2, 0) is 14.8 Å². The second kappa shape index (κ2) is 8.63. The molecule has 1 aromatic rings. The number of carbonyl (C=O) groups is 1. The van der Waals surface area contributed by atoms with E-state index in [9.17, 15) is 13.2 Å². The molecule has 1 aliphatic rings. The molecule has 0 saturated carbocycles. The molecule has 130 valence electrons. The van der Waals surface area contributed by atoms with Gasteiger partial charge in [-0.05, 0) is 57.5 Å². The molecule has 8 heteroatoms. The average Bonchev–Trinajstić information content (AvgIpc) is 3.00. The van der Waals surface area contributed by atoms with E-state index in [1.165, 1.54) is 13.1 Å². The van der Waals surface area contributed by atoms with Crippen LogP contribution in [0.15, 0.2) is 23.1 Å². The van der Waals surface area contributed by atoms with Crippen LogP contribution in [0, 0.1) is 6.92 Å². The SMILES string of the molecule is CNS(=O)(=O)c1cc(NC(=O)CCC2CCCN2)ccc1C.Cl. The van der Waals surface area contributed by atoms with E-state index < -0.39 is 10.0 Å². The summed E-state index contributed by atoms with van der Waals surface area (Å²) in [6.45, 7) is 2.75. The zero-order valence-corrected chi connectivity index (χ0v) is 15.0. The minimum atomic E-state index is -3.52. The number of hydrogen-bond acceptors (Lipinski definition) is 4. The van der Waals surface area contributed by atoms with Crippen molar-refractivity contribution in [2.75, 3.05) is 18.9 Å². The third-order valence-corrected chi connectivity index (χ3v) is 5.47. The molecule has 1 fully saturated rings. The summed E-state index contributed by atoms with van der Waals surface area (Å²) in [6, 6.07) is 5.32. The first-order valence-electron chi connectivity index (χ1n) is 7.50. The van der Waals surface area contributed by atoms with Gasteiger partial charge in [0.2, 0.25) is 15.9 Å². The summed E-state index contributed by atoms with van der Waals surface area (Å²) in [5.41, 5.74) is 1.14. The van der Waals surface area contributed by atoms with Gasteiger partial charge in [0, 0.05) is 18.2 Å². The van der Waals surface area contributed by atoms with Gasteiger partial charge in [-0.25, -0.2) is 13.1 Å². The van der Waals surface area contributed by atoms with E-state index >= 15 is 0 Å². The molecule has 1 aromatic carbocycles. The van der Waals surface area contributed by atoms with Crippen molar-refractivity contribution in [1.29, 1.82) is 0 Å². The van der Waals surface area contributed by atoms with Gasteiger partial charge in [0.05, 0.1) is 4.90 Å². The largest absolute Gasteiger partial charge is 0.326 e. The number of carbonyl (C=O) groups excluding carboxylic acids is 1. The van der Waals surface area contributed by atoms with Crippen molar-refractivity contribution in [2.45, 2.75) is 43.5 Å². The maximum atomic E-state index is 12.0. The first kappa shape index (κ1) is 19.9. The number of aryl methyl sites for hydroxylation is 1. The quantitative estimate of drug-likeness (QED) is 0.721. The van der Waals surface area contributed by atoms with Gasteiger partial charge in [-0.1, -0.05) is 6.07 Å². The highest BCUT2D eigenvalue weighted by molar-refractivity contribution is 7.89. The Balaban J connectivity index is 0.00000264. The Hall–Kier alpha value is -1.15. The molecule has 1 saturated heterocycles. The molecule has 2 rings (SSSR count). The lowest BCUT2D eigenvalue weighted by molar-refractivity contribution is -0.116. The third-order valence-electron chi connectivity index (χ3n) is 3.91. The minimum Gasteiger partial charge on any atom is -0.326 e. The number of hydrogen-bond donors (Lipinski definition) is 3. The highest BCUT2D eigenvalue weighted by atomic mass is 35.5. The van der Waals surface area contributed by atoms with Gasteiger partial charge >= 0.3 is 0 Å².